The molecule has 0 spiro atoms. The number of benzene rings is 5. The second kappa shape index (κ2) is 12.0. The van der Waals surface area contributed by atoms with Crippen LogP contribution in [0, 0.1) is 17.9 Å². The number of aromatic nitrogens is 1. The number of rotatable bonds is 5. The van der Waals surface area contributed by atoms with Crippen molar-refractivity contribution in [1.29, 1.82) is 5.26 Å². The Balaban J connectivity index is 1.25. The molecule has 0 aliphatic heterocycles. The van der Waals surface area contributed by atoms with E-state index in [-0.39, 0.29) is 11.5 Å². The molecule has 0 unspecified atom stereocenters. The molecule has 224 valence electrons. The van der Waals surface area contributed by atoms with Crippen LogP contribution in [0.1, 0.15) is 20.8 Å². The SMILES string of the molecule is [C-]#[N+]/C(C#N)=C1\C(=C/c2ccc(-c3ccc(N(c4ccccc4)c4cnc5ccccc5c4)c4ccccc34)s2)C(=O)c2ccccc21. The van der Waals surface area contributed by atoms with Gasteiger partial charge in [-0.15, -0.1) is 11.3 Å². The molecule has 0 atom stereocenters. The van der Waals surface area contributed by atoms with E-state index in [0.717, 1.165) is 54.1 Å². The molecular formula is C42H24N4OS. The van der Waals surface area contributed by atoms with Gasteiger partial charge in [0.2, 0.25) is 0 Å². The Morgan fingerprint density at radius 3 is 2.31 bits per heavy atom. The summed E-state index contributed by atoms with van der Waals surface area (Å²) in [5.74, 6) is -0.175. The number of Topliss-reactive ketones (excluding diaryl/α,β-unsaturated/α-hetero) is 1. The highest BCUT2D eigenvalue weighted by Crippen LogP contribution is 2.45. The van der Waals surface area contributed by atoms with Crippen molar-refractivity contribution in [3.05, 3.63) is 178 Å². The number of carbonyl (C=O) groups is 1. The quantitative estimate of drug-likeness (QED) is 0.108. The number of pyridine rings is 1. The maximum absolute atomic E-state index is 13.5. The first-order valence-electron chi connectivity index (χ1n) is 15.3. The summed E-state index contributed by atoms with van der Waals surface area (Å²) < 4.78 is 0. The molecule has 5 nitrogen and oxygen atoms in total. The fourth-order valence-corrected chi connectivity index (χ4v) is 7.42. The summed E-state index contributed by atoms with van der Waals surface area (Å²) in [5, 5.41) is 13.0. The maximum Gasteiger partial charge on any atom is 0.270 e. The zero-order chi connectivity index (χ0) is 32.6. The van der Waals surface area contributed by atoms with Gasteiger partial charge in [0.25, 0.3) is 5.70 Å². The van der Waals surface area contributed by atoms with Crippen LogP contribution in [0.4, 0.5) is 17.1 Å². The van der Waals surface area contributed by atoms with E-state index >= 15 is 0 Å². The third-order valence-corrected chi connectivity index (χ3v) is 9.64. The summed E-state index contributed by atoms with van der Waals surface area (Å²) in [5.41, 5.74) is 6.88. The topological polar surface area (TPSA) is 61.4 Å². The number of para-hydroxylation sites is 2. The standard InChI is InChI=1S/C42H24N4OS/c1-44-38(25-43)41-34-16-8-9-17-35(34)42(47)36(41)24-30-19-22-40(48-30)33-20-21-39(32-15-7-6-14-31(32)33)46(28-12-3-2-4-13-28)29-23-27-11-5-10-18-37(27)45-26-29/h2-24,26H/b36-24+,41-38-. The van der Waals surface area contributed by atoms with Crippen LogP contribution in [0.5, 0.6) is 0 Å². The van der Waals surface area contributed by atoms with Gasteiger partial charge >= 0.3 is 0 Å². The van der Waals surface area contributed by atoms with E-state index in [2.05, 4.69) is 76.5 Å². The minimum Gasteiger partial charge on any atom is -0.308 e. The first kappa shape index (κ1) is 28.8. The third-order valence-electron chi connectivity index (χ3n) is 8.58. The van der Waals surface area contributed by atoms with Crippen molar-refractivity contribution in [2.24, 2.45) is 0 Å². The highest BCUT2D eigenvalue weighted by atomic mass is 32.1. The summed E-state index contributed by atoms with van der Waals surface area (Å²) in [6.45, 7) is 7.59. The number of thiophene rings is 1. The average molecular weight is 633 g/mol. The number of hydrogen-bond acceptors (Lipinski definition) is 5. The predicted molar refractivity (Wildman–Crippen MR) is 195 cm³/mol. The summed E-state index contributed by atoms with van der Waals surface area (Å²) in [6, 6.07) is 46.5. The third kappa shape index (κ3) is 4.85. The first-order valence-corrected chi connectivity index (χ1v) is 16.2. The Bertz CT molecular complexity index is 2550. The molecule has 6 heteroatoms. The Labute approximate surface area is 281 Å². The molecule has 0 radical (unpaired) electrons. The van der Waals surface area contributed by atoms with Crippen molar-refractivity contribution < 1.29 is 4.79 Å². The van der Waals surface area contributed by atoms with Crippen LogP contribution >= 0.6 is 11.3 Å². The van der Waals surface area contributed by atoms with Gasteiger partial charge in [0.1, 0.15) is 0 Å². The van der Waals surface area contributed by atoms with E-state index in [1.165, 1.54) is 0 Å². The molecule has 0 fully saturated rings. The minimum absolute atomic E-state index is 0.0810. The molecule has 0 bridgehead atoms. The number of allylic oxidation sites excluding steroid dienone is 3. The van der Waals surface area contributed by atoms with Gasteiger partial charge in [0.15, 0.2) is 5.78 Å². The monoisotopic (exact) mass is 632 g/mol. The van der Waals surface area contributed by atoms with Crippen LogP contribution in [0.25, 0.3) is 48.6 Å². The number of nitriles is 1. The molecule has 2 aromatic heterocycles. The molecule has 48 heavy (non-hydrogen) atoms. The van der Waals surface area contributed by atoms with Crippen molar-refractivity contribution in [3.8, 4) is 16.5 Å². The Morgan fingerprint density at radius 2 is 1.50 bits per heavy atom. The minimum atomic E-state index is -0.175. The van der Waals surface area contributed by atoms with Gasteiger partial charge in [-0.2, -0.15) is 0 Å². The van der Waals surface area contributed by atoms with Gasteiger partial charge in [-0.25, -0.2) is 10.1 Å². The molecule has 0 amide bonds. The second-order valence-electron chi connectivity index (χ2n) is 11.3. The number of fused-ring (bicyclic) bond motifs is 3. The fraction of sp³-hybridized carbons (Fsp3) is 0. The lowest BCUT2D eigenvalue weighted by Crippen LogP contribution is -2.11. The molecule has 0 N–H and O–H groups in total. The van der Waals surface area contributed by atoms with E-state index < -0.39 is 0 Å². The van der Waals surface area contributed by atoms with Crippen molar-refractivity contribution >= 4 is 67.5 Å². The normalized spacial score (nSPS) is 14.1. The van der Waals surface area contributed by atoms with Gasteiger partial charge in [0.05, 0.1) is 35.7 Å². The van der Waals surface area contributed by atoms with Crippen LogP contribution in [0.2, 0.25) is 0 Å². The van der Waals surface area contributed by atoms with Gasteiger partial charge in [-0.1, -0.05) is 91.0 Å². The van der Waals surface area contributed by atoms with Crippen molar-refractivity contribution in [2.75, 3.05) is 4.90 Å². The largest absolute Gasteiger partial charge is 0.308 e. The van der Waals surface area contributed by atoms with Gasteiger partial charge in [-0.05, 0) is 65.1 Å². The number of nitrogens with zero attached hydrogens (tertiary/aromatic N) is 4. The summed E-state index contributed by atoms with van der Waals surface area (Å²) >= 11 is 1.57. The van der Waals surface area contributed by atoms with Crippen LogP contribution in [0.15, 0.2) is 151 Å². The molecule has 0 saturated carbocycles. The lowest BCUT2D eigenvalue weighted by Gasteiger charge is -2.27. The Kier molecular flexibility index (Phi) is 7.19. The maximum atomic E-state index is 13.5. The Hall–Kier alpha value is -6.60. The Morgan fingerprint density at radius 1 is 0.771 bits per heavy atom. The predicted octanol–water partition coefficient (Wildman–Crippen LogP) is 11.0. The first-order chi connectivity index (χ1) is 23.6. The van der Waals surface area contributed by atoms with Crippen molar-refractivity contribution in [1.82, 2.24) is 4.98 Å². The van der Waals surface area contributed by atoms with E-state index in [1.807, 2.05) is 66.9 Å². The molecule has 1 aliphatic rings. The van der Waals surface area contributed by atoms with E-state index in [0.29, 0.717) is 22.3 Å². The lowest BCUT2D eigenvalue weighted by molar-refractivity contribution is 0.104. The van der Waals surface area contributed by atoms with Gasteiger partial charge < -0.3 is 4.90 Å². The summed E-state index contributed by atoms with van der Waals surface area (Å²) in [6.07, 6.45) is 3.74. The number of ketones is 1. The molecular weight excluding hydrogens is 609 g/mol. The van der Waals surface area contributed by atoms with E-state index in [4.69, 9.17) is 11.6 Å². The van der Waals surface area contributed by atoms with Gasteiger partial charge in [0, 0.05) is 42.9 Å². The van der Waals surface area contributed by atoms with Crippen molar-refractivity contribution in [2.45, 2.75) is 0 Å². The molecule has 8 rings (SSSR count). The molecule has 0 saturated heterocycles. The molecule has 5 aromatic carbocycles. The zero-order valence-corrected chi connectivity index (χ0v) is 26.3. The number of hydrogen-bond donors (Lipinski definition) is 0. The second-order valence-corrected chi connectivity index (χ2v) is 12.4. The van der Waals surface area contributed by atoms with E-state index in [1.54, 1.807) is 29.5 Å². The smallest absolute Gasteiger partial charge is 0.270 e. The summed E-state index contributed by atoms with van der Waals surface area (Å²) in [4.78, 5) is 25.9. The van der Waals surface area contributed by atoms with Crippen LogP contribution in [-0.4, -0.2) is 10.8 Å². The average Bonchev–Trinajstić information content (AvgIpc) is 3.72. The summed E-state index contributed by atoms with van der Waals surface area (Å²) in [7, 11) is 0. The van der Waals surface area contributed by atoms with Crippen LogP contribution in [-0.2, 0) is 0 Å². The van der Waals surface area contributed by atoms with Crippen LogP contribution in [0.3, 0.4) is 0 Å². The number of anilines is 3. The highest BCUT2D eigenvalue weighted by Gasteiger charge is 2.32. The lowest BCUT2D eigenvalue weighted by atomic mass is 10.00. The number of carbonyl (C=O) groups excluding carboxylic acids is 1. The van der Waals surface area contributed by atoms with E-state index in [9.17, 15) is 10.1 Å². The van der Waals surface area contributed by atoms with Gasteiger partial charge in [-0.3, -0.25) is 9.78 Å². The molecule has 1 aliphatic carbocycles. The zero-order valence-electron chi connectivity index (χ0n) is 25.5. The molecule has 2 heterocycles. The molecule has 7 aromatic rings. The van der Waals surface area contributed by atoms with Crippen LogP contribution < -0.4 is 4.90 Å². The highest BCUT2D eigenvalue weighted by molar-refractivity contribution is 7.16. The fourth-order valence-electron chi connectivity index (χ4n) is 6.43. The van der Waals surface area contributed by atoms with Crippen molar-refractivity contribution in [3.63, 3.8) is 0 Å².